The molecule has 2 aliphatic rings. The molecular weight excluding hydrogens is 188 g/mol. The van der Waals surface area contributed by atoms with Gasteiger partial charge in [0.05, 0.1) is 22.7 Å². The summed E-state index contributed by atoms with van der Waals surface area (Å²) in [6.07, 6.45) is 5.77. The van der Waals surface area contributed by atoms with Crippen molar-refractivity contribution < 1.29 is 0 Å². The maximum atomic E-state index is 8.76. The first-order chi connectivity index (χ1) is 7.36. The summed E-state index contributed by atoms with van der Waals surface area (Å²) in [5.41, 5.74) is 4.36. The van der Waals surface area contributed by atoms with Crippen molar-refractivity contribution in [3.63, 3.8) is 0 Å². The summed E-state index contributed by atoms with van der Waals surface area (Å²) in [5, 5.41) is 8.76. The van der Waals surface area contributed by atoms with Crippen molar-refractivity contribution in [1.29, 1.82) is 5.26 Å². The molecule has 0 amide bonds. The molecule has 1 aromatic rings. The van der Waals surface area contributed by atoms with E-state index in [0.717, 1.165) is 22.7 Å². The molecule has 0 atom stereocenters. The summed E-state index contributed by atoms with van der Waals surface area (Å²) in [6, 6.07) is 3.91. The fourth-order valence-corrected chi connectivity index (χ4v) is 1.71. The summed E-state index contributed by atoms with van der Waals surface area (Å²) in [4.78, 5) is 12.5. The Morgan fingerprint density at radius 1 is 1.40 bits per heavy atom. The summed E-state index contributed by atoms with van der Waals surface area (Å²) >= 11 is 0. The molecule has 0 spiro atoms. The second kappa shape index (κ2) is 2.85. The van der Waals surface area contributed by atoms with Crippen molar-refractivity contribution in [3.8, 4) is 6.07 Å². The maximum Gasteiger partial charge on any atom is 0.116 e. The number of pyridine rings is 1. The van der Waals surface area contributed by atoms with Crippen LogP contribution in [0, 0.1) is 11.3 Å². The van der Waals surface area contributed by atoms with E-state index >= 15 is 0 Å². The van der Waals surface area contributed by atoms with E-state index < -0.39 is 0 Å². The van der Waals surface area contributed by atoms with Gasteiger partial charge in [0, 0.05) is 12.6 Å². The zero-order valence-electron chi connectivity index (χ0n) is 7.81. The second-order valence-electron chi connectivity index (χ2n) is 3.40. The summed E-state index contributed by atoms with van der Waals surface area (Å²) in [5.74, 6) is 0. The van der Waals surface area contributed by atoms with E-state index in [1.165, 1.54) is 0 Å². The average Bonchev–Trinajstić information content (AvgIpc) is 2.72. The molecule has 3 rings (SSSR count). The van der Waals surface area contributed by atoms with Crippen molar-refractivity contribution >= 4 is 18.1 Å². The lowest BCUT2D eigenvalue weighted by Gasteiger charge is -2.11. The molecule has 0 saturated heterocycles. The first kappa shape index (κ1) is 8.06. The molecule has 0 saturated carbocycles. The maximum absolute atomic E-state index is 8.76. The third kappa shape index (κ3) is 1.17. The van der Waals surface area contributed by atoms with E-state index in [-0.39, 0.29) is 0 Å². The second-order valence-corrected chi connectivity index (χ2v) is 3.40. The van der Waals surface area contributed by atoms with Gasteiger partial charge < -0.3 is 0 Å². The molecule has 1 aliphatic carbocycles. The Bertz CT molecular complexity index is 573. The molecule has 0 fully saturated rings. The van der Waals surface area contributed by atoms with Crippen LogP contribution in [0.15, 0.2) is 27.9 Å². The zero-order chi connectivity index (χ0) is 10.3. The molecule has 0 bridgehead atoms. The van der Waals surface area contributed by atoms with Gasteiger partial charge in [-0.25, -0.2) is 9.98 Å². The molecule has 1 aliphatic heterocycles. The minimum Gasteiger partial charge on any atom is -0.259 e. The number of nitriles is 1. The molecule has 1 aromatic heterocycles. The van der Waals surface area contributed by atoms with E-state index in [9.17, 15) is 0 Å². The lowest BCUT2D eigenvalue weighted by Crippen LogP contribution is -2.11. The topological polar surface area (TPSA) is 61.4 Å². The monoisotopic (exact) mass is 194 g/mol. The van der Waals surface area contributed by atoms with Crippen LogP contribution < -0.4 is 0 Å². The normalized spacial score (nSPS) is 16.2. The summed E-state index contributed by atoms with van der Waals surface area (Å²) in [6.45, 7) is 0. The van der Waals surface area contributed by atoms with Gasteiger partial charge in [-0.05, 0) is 17.7 Å². The molecule has 0 radical (unpaired) electrons. The largest absolute Gasteiger partial charge is 0.259 e. The highest BCUT2D eigenvalue weighted by molar-refractivity contribution is 6.13. The van der Waals surface area contributed by atoms with Crippen molar-refractivity contribution in [1.82, 2.24) is 4.98 Å². The van der Waals surface area contributed by atoms with Crippen LogP contribution in [0.1, 0.15) is 16.8 Å². The Kier molecular flexibility index (Phi) is 1.53. The van der Waals surface area contributed by atoms with Crippen LogP contribution in [0.25, 0.3) is 6.08 Å². The quantitative estimate of drug-likeness (QED) is 0.625. The van der Waals surface area contributed by atoms with E-state index in [1.807, 2.05) is 12.1 Å². The molecular formula is C11H6N4. The lowest BCUT2D eigenvalue weighted by molar-refractivity contribution is 1.11. The molecule has 70 valence electrons. The Labute approximate surface area is 86.3 Å². The van der Waals surface area contributed by atoms with Crippen molar-refractivity contribution in [3.05, 3.63) is 34.8 Å². The predicted molar refractivity (Wildman–Crippen MR) is 56.6 cm³/mol. The van der Waals surface area contributed by atoms with Crippen LogP contribution in [0.5, 0.6) is 0 Å². The number of nitrogens with zero attached hydrogens (tertiary/aromatic N) is 4. The first-order valence-electron chi connectivity index (χ1n) is 4.57. The number of hydrogen-bond acceptors (Lipinski definition) is 4. The van der Waals surface area contributed by atoms with Crippen molar-refractivity contribution in [2.24, 2.45) is 9.98 Å². The van der Waals surface area contributed by atoms with Gasteiger partial charge in [0.2, 0.25) is 0 Å². The Hall–Kier alpha value is -2.28. The third-order valence-corrected chi connectivity index (χ3v) is 2.47. The van der Waals surface area contributed by atoms with Gasteiger partial charge in [0.1, 0.15) is 12.4 Å². The molecule has 0 aromatic carbocycles. The van der Waals surface area contributed by atoms with E-state index in [4.69, 9.17) is 5.26 Å². The first-order valence-corrected chi connectivity index (χ1v) is 4.57. The van der Waals surface area contributed by atoms with Crippen LogP contribution >= 0.6 is 0 Å². The molecule has 0 unspecified atom stereocenters. The highest BCUT2D eigenvalue weighted by Gasteiger charge is 2.19. The van der Waals surface area contributed by atoms with Gasteiger partial charge in [-0.2, -0.15) is 5.26 Å². The van der Waals surface area contributed by atoms with Crippen LogP contribution in [0.3, 0.4) is 0 Å². The number of aromatic nitrogens is 1. The van der Waals surface area contributed by atoms with Crippen LogP contribution in [-0.4, -0.2) is 17.0 Å². The van der Waals surface area contributed by atoms with E-state index in [1.54, 1.807) is 12.5 Å². The standard InChI is InChI=1S/C11H6N4/c12-4-7-1-8-2-10-11(15-6-14-10)3-9(8)13-5-7/h1-2,5-6H,3H2. The summed E-state index contributed by atoms with van der Waals surface area (Å²) < 4.78 is 0. The molecule has 15 heavy (non-hydrogen) atoms. The van der Waals surface area contributed by atoms with E-state index in [2.05, 4.69) is 21.0 Å². The number of fused-ring (bicyclic) bond motifs is 2. The fourth-order valence-electron chi connectivity index (χ4n) is 1.71. The molecule has 4 heteroatoms. The SMILES string of the molecule is N#Cc1cnc2c(c1)C=C1N=CN=C1C2. The fraction of sp³-hybridized carbons (Fsp3) is 0.0909. The third-order valence-electron chi connectivity index (χ3n) is 2.47. The highest BCUT2D eigenvalue weighted by Crippen LogP contribution is 2.23. The minimum absolute atomic E-state index is 0.577. The van der Waals surface area contributed by atoms with Gasteiger partial charge >= 0.3 is 0 Å². The average molecular weight is 194 g/mol. The van der Waals surface area contributed by atoms with Gasteiger partial charge in [-0.1, -0.05) is 0 Å². The minimum atomic E-state index is 0.577. The zero-order valence-corrected chi connectivity index (χ0v) is 7.81. The number of rotatable bonds is 0. The van der Waals surface area contributed by atoms with Crippen molar-refractivity contribution in [2.75, 3.05) is 0 Å². The van der Waals surface area contributed by atoms with Crippen LogP contribution in [-0.2, 0) is 6.42 Å². The Morgan fingerprint density at radius 2 is 2.33 bits per heavy atom. The van der Waals surface area contributed by atoms with Gasteiger partial charge in [-0.3, -0.25) is 4.98 Å². The predicted octanol–water partition coefficient (Wildman–Crippen LogP) is 1.33. The van der Waals surface area contributed by atoms with Gasteiger partial charge in [0.25, 0.3) is 0 Å². The molecule has 4 nitrogen and oxygen atoms in total. The van der Waals surface area contributed by atoms with Gasteiger partial charge in [0.15, 0.2) is 0 Å². The molecule has 0 N–H and O–H groups in total. The van der Waals surface area contributed by atoms with Crippen molar-refractivity contribution in [2.45, 2.75) is 6.42 Å². The molecule has 2 heterocycles. The Balaban J connectivity index is 2.18. The lowest BCUT2D eigenvalue weighted by atomic mass is 9.98. The van der Waals surface area contributed by atoms with E-state index in [0.29, 0.717) is 12.0 Å². The van der Waals surface area contributed by atoms with Crippen LogP contribution in [0.2, 0.25) is 0 Å². The number of allylic oxidation sites excluding steroid dienone is 1. The Morgan fingerprint density at radius 3 is 3.20 bits per heavy atom. The summed E-state index contributed by atoms with van der Waals surface area (Å²) in [7, 11) is 0. The van der Waals surface area contributed by atoms with Crippen LogP contribution in [0.4, 0.5) is 0 Å². The number of aliphatic imine (C=N–C) groups is 2. The highest BCUT2D eigenvalue weighted by atomic mass is 15.0. The van der Waals surface area contributed by atoms with Gasteiger partial charge in [-0.15, -0.1) is 0 Å². The smallest absolute Gasteiger partial charge is 0.116 e. The number of hydrogen-bond donors (Lipinski definition) is 0.